The van der Waals surface area contributed by atoms with Crippen molar-refractivity contribution in [1.29, 1.82) is 5.26 Å². The number of nitrogens with two attached hydrogens (primary N) is 1. The zero-order chi connectivity index (χ0) is 21.3. The van der Waals surface area contributed by atoms with Gasteiger partial charge in [-0.1, -0.05) is 12.1 Å². The minimum absolute atomic E-state index is 0.0656. The summed E-state index contributed by atoms with van der Waals surface area (Å²) in [6, 6.07) is 9.67. The van der Waals surface area contributed by atoms with E-state index in [-0.39, 0.29) is 17.0 Å². The van der Waals surface area contributed by atoms with Crippen LogP contribution < -0.4 is 16.0 Å². The van der Waals surface area contributed by atoms with Gasteiger partial charge >= 0.3 is 0 Å². The number of ether oxygens (including phenoxy) is 2. The fraction of sp³-hybridized carbons (Fsp3) is 0.364. The lowest BCUT2D eigenvalue weighted by Crippen LogP contribution is -2.40. The second kappa shape index (κ2) is 8.30. The van der Waals surface area contributed by atoms with Crippen molar-refractivity contribution >= 4 is 0 Å². The molecule has 0 radical (unpaired) electrons. The van der Waals surface area contributed by atoms with E-state index in [1.165, 1.54) is 12.1 Å². The molecule has 0 aliphatic carbocycles. The van der Waals surface area contributed by atoms with Crippen LogP contribution in [-0.4, -0.2) is 42.3 Å². The monoisotopic (exact) mass is 410 g/mol. The predicted molar refractivity (Wildman–Crippen MR) is 108 cm³/mol. The highest BCUT2D eigenvalue weighted by molar-refractivity contribution is 5.55. The standard InChI is InChI=1S/C22H23FN4O3/c1-14-11-18-20(22(28)27(14)6-5-26-7-9-29-10-8-26)19(17(13-24)21(25)30-18)15-3-2-4-16(23)12-15/h2-4,11-12,19H,5-10,25H2,1H3. The van der Waals surface area contributed by atoms with Crippen molar-refractivity contribution in [2.24, 2.45) is 5.73 Å². The number of fused-ring (bicyclic) bond motifs is 1. The van der Waals surface area contributed by atoms with Crippen LogP contribution in [0, 0.1) is 24.1 Å². The summed E-state index contributed by atoms with van der Waals surface area (Å²) >= 11 is 0. The highest BCUT2D eigenvalue weighted by Gasteiger charge is 2.34. The Bertz CT molecular complexity index is 1100. The molecule has 4 rings (SSSR count). The molecule has 8 heteroatoms. The number of aryl methyl sites for hydroxylation is 1. The Balaban J connectivity index is 1.78. The number of halogens is 1. The van der Waals surface area contributed by atoms with Crippen LogP contribution in [0.5, 0.6) is 5.75 Å². The van der Waals surface area contributed by atoms with Crippen LogP contribution in [0.1, 0.15) is 22.7 Å². The highest BCUT2D eigenvalue weighted by atomic mass is 19.1. The van der Waals surface area contributed by atoms with Crippen molar-refractivity contribution in [3.8, 4) is 11.8 Å². The van der Waals surface area contributed by atoms with Gasteiger partial charge in [-0.3, -0.25) is 9.69 Å². The molecule has 2 aliphatic rings. The molecule has 2 aromatic rings. The van der Waals surface area contributed by atoms with Crippen molar-refractivity contribution in [1.82, 2.24) is 9.47 Å². The highest BCUT2D eigenvalue weighted by Crippen LogP contribution is 2.40. The van der Waals surface area contributed by atoms with E-state index < -0.39 is 11.7 Å². The minimum atomic E-state index is -0.780. The maximum Gasteiger partial charge on any atom is 0.258 e. The molecule has 1 fully saturated rings. The van der Waals surface area contributed by atoms with E-state index in [1.807, 2.05) is 13.0 Å². The van der Waals surface area contributed by atoms with Crippen molar-refractivity contribution in [2.45, 2.75) is 19.4 Å². The first-order valence-electron chi connectivity index (χ1n) is 9.87. The number of allylic oxidation sites excluding steroid dienone is 1. The molecule has 2 aliphatic heterocycles. The Labute approximate surface area is 173 Å². The van der Waals surface area contributed by atoms with Gasteiger partial charge in [-0.2, -0.15) is 5.26 Å². The Morgan fingerprint density at radius 2 is 2.03 bits per heavy atom. The van der Waals surface area contributed by atoms with Gasteiger partial charge in [0.15, 0.2) is 0 Å². The Morgan fingerprint density at radius 1 is 1.27 bits per heavy atom. The number of nitrogens with zero attached hydrogens (tertiary/aromatic N) is 3. The number of benzene rings is 1. The van der Waals surface area contributed by atoms with Crippen LogP contribution >= 0.6 is 0 Å². The number of rotatable bonds is 4. The van der Waals surface area contributed by atoms with Crippen LogP contribution in [0.4, 0.5) is 4.39 Å². The van der Waals surface area contributed by atoms with Gasteiger partial charge < -0.3 is 19.8 Å². The summed E-state index contributed by atoms with van der Waals surface area (Å²) in [4.78, 5) is 15.8. The third-order valence-corrected chi connectivity index (χ3v) is 5.62. The maximum atomic E-state index is 13.9. The Hall–Kier alpha value is -3.15. The molecule has 1 atom stereocenters. The summed E-state index contributed by atoms with van der Waals surface area (Å²) in [6.07, 6.45) is 0. The molecule has 1 unspecified atom stereocenters. The van der Waals surface area contributed by atoms with Gasteiger partial charge in [0.25, 0.3) is 5.56 Å². The SMILES string of the molecule is Cc1cc2c(c(=O)n1CCN1CCOCC1)C(c1cccc(F)c1)C(C#N)=C(N)O2. The van der Waals surface area contributed by atoms with Gasteiger partial charge in [0.1, 0.15) is 23.2 Å². The fourth-order valence-corrected chi connectivity index (χ4v) is 4.05. The van der Waals surface area contributed by atoms with Crippen LogP contribution in [-0.2, 0) is 11.3 Å². The molecule has 0 spiro atoms. The minimum Gasteiger partial charge on any atom is -0.440 e. The predicted octanol–water partition coefficient (Wildman–Crippen LogP) is 1.85. The summed E-state index contributed by atoms with van der Waals surface area (Å²) in [5.41, 5.74) is 7.35. The molecule has 0 amide bonds. The first-order chi connectivity index (χ1) is 14.5. The van der Waals surface area contributed by atoms with Crippen LogP contribution in [0.25, 0.3) is 0 Å². The molecule has 3 heterocycles. The molecule has 0 saturated carbocycles. The van der Waals surface area contributed by atoms with E-state index in [1.54, 1.807) is 22.8 Å². The number of hydrogen-bond donors (Lipinski definition) is 1. The average molecular weight is 410 g/mol. The van der Waals surface area contributed by atoms with Crippen molar-refractivity contribution < 1.29 is 13.9 Å². The summed E-state index contributed by atoms with van der Waals surface area (Å²) < 4.78 is 26.6. The molecule has 0 bridgehead atoms. The Morgan fingerprint density at radius 3 is 2.73 bits per heavy atom. The summed E-state index contributed by atoms with van der Waals surface area (Å²) in [7, 11) is 0. The van der Waals surface area contributed by atoms with E-state index in [4.69, 9.17) is 15.2 Å². The van der Waals surface area contributed by atoms with Gasteiger partial charge in [0, 0.05) is 37.9 Å². The normalized spacial score (nSPS) is 19.2. The van der Waals surface area contributed by atoms with Crippen molar-refractivity contribution in [3.63, 3.8) is 0 Å². The topological polar surface area (TPSA) is 93.5 Å². The number of aromatic nitrogens is 1. The van der Waals surface area contributed by atoms with Gasteiger partial charge in [-0.25, -0.2) is 4.39 Å². The second-order valence-electron chi connectivity index (χ2n) is 7.45. The van der Waals surface area contributed by atoms with Crippen molar-refractivity contribution in [2.75, 3.05) is 32.8 Å². The van der Waals surface area contributed by atoms with Gasteiger partial charge in [0.05, 0.1) is 24.7 Å². The zero-order valence-corrected chi connectivity index (χ0v) is 16.7. The first kappa shape index (κ1) is 20.1. The largest absolute Gasteiger partial charge is 0.440 e. The lowest BCUT2D eigenvalue weighted by Gasteiger charge is -2.29. The number of nitriles is 1. The second-order valence-corrected chi connectivity index (χ2v) is 7.45. The fourth-order valence-electron chi connectivity index (χ4n) is 4.05. The third kappa shape index (κ3) is 3.70. The van der Waals surface area contributed by atoms with Crippen LogP contribution in [0.3, 0.4) is 0 Å². The molecule has 1 saturated heterocycles. The Kier molecular flexibility index (Phi) is 5.57. The summed E-state index contributed by atoms with van der Waals surface area (Å²) in [5, 5.41) is 9.69. The molecule has 1 aromatic carbocycles. The van der Waals surface area contributed by atoms with E-state index in [9.17, 15) is 14.4 Å². The van der Waals surface area contributed by atoms with E-state index >= 15 is 0 Å². The zero-order valence-electron chi connectivity index (χ0n) is 16.7. The summed E-state index contributed by atoms with van der Waals surface area (Å²) in [6.45, 7) is 6.05. The van der Waals surface area contributed by atoms with Crippen LogP contribution in [0.15, 0.2) is 46.6 Å². The van der Waals surface area contributed by atoms with Gasteiger partial charge in [-0.05, 0) is 24.6 Å². The quantitative estimate of drug-likeness (QED) is 0.827. The van der Waals surface area contributed by atoms with E-state index in [2.05, 4.69) is 4.90 Å². The lowest BCUT2D eigenvalue weighted by atomic mass is 9.84. The smallest absolute Gasteiger partial charge is 0.258 e. The molecular weight excluding hydrogens is 387 g/mol. The molecule has 30 heavy (non-hydrogen) atoms. The van der Waals surface area contributed by atoms with Crippen molar-refractivity contribution in [3.05, 3.63) is 74.8 Å². The number of morpholine rings is 1. The van der Waals surface area contributed by atoms with Crippen LogP contribution in [0.2, 0.25) is 0 Å². The maximum absolute atomic E-state index is 13.9. The molecule has 2 N–H and O–H groups in total. The average Bonchev–Trinajstić information content (AvgIpc) is 2.73. The number of pyridine rings is 1. The lowest BCUT2D eigenvalue weighted by molar-refractivity contribution is 0.0362. The van der Waals surface area contributed by atoms with Gasteiger partial charge in [0.2, 0.25) is 5.88 Å². The third-order valence-electron chi connectivity index (χ3n) is 5.62. The van der Waals surface area contributed by atoms with E-state index in [0.717, 1.165) is 18.8 Å². The number of hydrogen-bond acceptors (Lipinski definition) is 6. The first-order valence-corrected chi connectivity index (χ1v) is 9.87. The molecule has 1 aromatic heterocycles. The van der Waals surface area contributed by atoms with E-state index in [0.29, 0.717) is 43.2 Å². The summed E-state index contributed by atoms with van der Waals surface area (Å²) in [5.74, 6) is -0.983. The van der Waals surface area contributed by atoms with Gasteiger partial charge in [-0.15, -0.1) is 0 Å². The molecule has 156 valence electrons. The molecular formula is C22H23FN4O3. The molecule has 7 nitrogen and oxygen atoms in total.